The van der Waals surface area contributed by atoms with Crippen molar-refractivity contribution in [2.24, 2.45) is 0 Å². The number of aromatic nitrogens is 2. The number of esters is 1. The van der Waals surface area contributed by atoms with E-state index >= 15 is 0 Å². The molecule has 0 spiro atoms. The van der Waals surface area contributed by atoms with Crippen LogP contribution in [0.15, 0.2) is 89.8 Å². The van der Waals surface area contributed by atoms with Crippen LogP contribution in [0, 0.1) is 13.8 Å². The Balaban J connectivity index is 1.15. The van der Waals surface area contributed by atoms with Gasteiger partial charge in [-0.15, -0.1) is 0 Å². The van der Waals surface area contributed by atoms with Crippen LogP contribution in [-0.4, -0.2) is 66.9 Å². The molecule has 2 aromatic heterocycles. The number of fused-ring (bicyclic) bond motifs is 2. The number of morpholine rings is 1. The number of carbonyl (C=O) groups excluding carboxylic acids is 2. The molecule has 0 bridgehead atoms. The number of nitrogens with zero attached hydrogens (tertiary/aromatic N) is 3. The van der Waals surface area contributed by atoms with E-state index in [9.17, 15) is 18.0 Å². The molecular formula is C39H37N3O6S. The third-order valence-corrected chi connectivity index (χ3v) is 11.2. The summed E-state index contributed by atoms with van der Waals surface area (Å²) in [5, 5.41) is 0.699. The number of benzene rings is 3. The summed E-state index contributed by atoms with van der Waals surface area (Å²) in [6, 6.07) is 26.1. The molecule has 0 amide bonds. The highest BCUT2D eigenvalue weighted by atomic mass is 32.2. The molecule has 0 atom stereocenters. The molecule has 1 aliphatic heterocycles. The van der Waals surface area contributed by atoms with E-state index in [1.54, 1.807) is 31.2 Å². The average Bonchev–Trinajstić information content (AvgIpc) is 3.43. The number of Topliss-reactive ketones (excluding diaryl/α,β-unsaturated/α-hetero) is 1. The van der Waals surface area contributed by atoms with Crippen LogP contribution in [-0.2, 0) is 25.9 Å². The summed E-state index contributed by atoms with van der Waals surface area (Å²) in [5.74, 6) is -0.902. The van der Waals surface area contributed by atoms with E-state index in [0.29, 0.717) is 66.1 Å². The van der Waals surface area contributed by atoms with Gasteiger partial charge in [-0.1, -0.05) is 54.6 Å². The molecular weight excluding hydrogens is 639 g/mol. The molecule has 0 radical (unpaired) electrons. The Morgan fingerprint density at radius 3 is 2.47 bits per heavy atom. The van der Waals surface area contributed by atoms with Crippen molar-refractivity contribution in [1.29, 1.82) is 0 Å². The van der Waals surface area contributed by atoms with Crippen LogP contribution in [0.4, 0.5) is 0 Å². The lowest BCUT2D eigenvalue weighted by molar-refractivity contribution is 0.0475. The summed E-state index contributed by atoms with van der Waals surface area (Å²) in [6.07, 6.45) is 4.52. The zero-order valence-corrected chi connectivity index (χ0v) is 28.3. The van der Waals surface area contributed by atoms with Crippen LogP contribution in [0.5, 0.6) is 0 Å². The molecule has 49 heavy (non-hydrogen) atoms. The Morgan fingerprint density at radius 1 is 0.918 bits per heavy atom. The first-order valence-corrected chi connectivity index (χ1v) is 17.9. The largest absolute Gasteiger partial charge is 0.454 e. The highest BCUT2D eigenvalue weighted by Gasteiger charge is 2.29. The second-order valence-corrected chi connectivity index (χ2v) is 14.3. The van der Waals surface area contributed by atoms with Crippen molar-refractivity contribution in [2.75, 3.05) is 32.9 Å². The minimum atomic E-state index is -3.71. The Labute approximate surface area is 285 Å². The van der Waals surface area contributed by atoms with Crippen LogP contribution in [0.2, 0.25) is 0 Å². The second kappa shape index (κ2) is 13.5. The van der Waals surface area contributed by atoms with Gasteiger partial charge in [0.25, 0.3) is 0 Å². The maximum Gasteiger partial charge on any atom is 0.339 e. The van der Waals surface area contributed by atoms with Gasteiger partial charge in [0.2, 0.25) is 15.8 Å². The molecule has 7 rings (SSSR count). The normalized spacial score (nSPS) is 16.1. The van der Waals surface area contributed by atoms with Crippen molar-refractivity contribution in [1.82, 2.24) is 13.9 Å². The molecule has 0 N–H and O–H groups in total. The first kappa shape index (κ1) is 32.6. The number of sulfonamides is 1. The number of ether oxygens (including phenoxy) is 2. The first-order valence-electron chi connectivity index (χ1n) is 16.5. The van der Waals surface area contributed by atoms with Crippen LogP contribution in [0.25, 0.3) is 28.2 Å². The third kappa shape index (κ3) is 6.35. The fourth-order valence-electron chi connectivity index (χ4n) is 6.90. The van der Waals surface area contributed by atoms with Crippen molar-refractivity contribution in [2.45, 2.75) is 38.0 Å². The van der Waals surface area contributed by atoms with Gasteiger partial charge < -0.3 is 14.0 Å². The van der Waals surface area contributed by atoms with Crippen molar-refractivity contribution in [3.63, 3.8) is 0 Å². The van der Waals surface area contributed by atoms with Gasteiger partial charge >= 0.3 is 5.97 Å². The van der Waals surface area contributed by atoms with E-state index in [1.165, 1.54) is 4.31 Å². The van der Waals surface area contributed by atoms with Crippen molar-refractivity contribution < 1.29 is 27.5 Å². The molecule has 9 nitrogen and oxygen atoms in total. The van der Waals surface area contributed by atoms with Crippen molar-refractivity contribution >= 4 is 44.3 Å². The fraction of sp³-hybridized carbons (Fsp3) is 0.256. The zero-order chi connectivity index (χ0) is 34.1. The number of allylic oxidation sites excluding steroid dienone is 1. The molecule has 3 aromatic carbocycles. The highest BCUT2D eigenvalue weighted by Crippen LogP contribution is 2.36. The van der Waals surface area contributed by atoms with Crippen LogP contribution in [0.3, 0.4) is 0 Å². The summed E-state index contributed by atoms with van der Waals surface area (Å²) in [7, 11) is -3.71. The summed E-state index contributed by atoms with van der Waals surface area (Å²) in [5.41, 5.74) is 7.33. The Kier molecular flexibility index (Phi) is 9.02. The minimum absolute atomic E-state index is 0.177. The van der Waals surface area contributed by atoms with E-state index in [2.05, 4.69) is 6.08 Å². The molecule has 5 aromatic rings. The molecule has 1 saturated heterocycles. The van der Waals surface area contributed by atoms with E-state index in [-0.39, 0.29) is 10.7 Å². The summed E-state index contributed by atoms with van der Waals surface area (Å²) >= 11 is 0. The fourth-order valence-corrected chi connectivity index (χ4v) is 8.35. The molecule has 0 unspecified atom stereocenters. The number of carbonyl (C=O) groups is 2. The quantitative estimate of drug-likeness (QED) is 0.135. The van der Waals surface area contributed by atoms with Crippen LogP contribution >= 0.6 is 0 Å². The SMILES string of the molecule is Cc1cc(C(=O)COC(=O)c2c3c(nc4ccccc24)/C(=C/c2ccccc2)CCC3)c(C)n1-c1cccc(S(=O)(=O)N2CCOCC2)c1. The number of hydrogen-bond acceptors (Lipinski definition) is 7. The topological polar surface area (TPSA) is 108 Å². The van der Waals surface area contributed by atoms with Crippen molar-refractivity contribution in [3.8, 4) is 5.69 Å². The third-order valence-electron chi connectivity index (χ3n) is 9.26. The summed E-state index contributed by atoms with van der Waals surface area (Å²) in [6.45, 7) is 4.54. The molecule has 1 aliphatic carbocycles. The molecule has 250 valence electrons. The zero-order valence-electron chi connectivity index (χ0n) is 27.5. The monoisotopic (exact) mass is 675 g/mol. The average molecular weight is 676 g/mol. The second-order valence-electron chi connectivity index (χ2n) is 12.4. The first-order chi connectivity index (χ1) is 23.7. The summed E-state index contributed by atoms with van der Waals surface area (Å²) in [4.78, 5) is 32.7. The number of ketones is 1. The van der Waals surface area contributed by atoms with Gasteiger partial charge in [0.15, 0.2) is 6.61 Å². The lowest BCUT2D eigenvalue weighted by Crippen LogP contribution is -2.40. The Bertz CT molecular complexity index is 2220. The van der Waals surface area contributed by atoms with Gasteiger partial charge in [0, 0.05) is 41.1 Å². The standard InChI is InChI=1S/C39H37N3O6S/c1-26-22-34(27(2)42(26)30-13-9-14-31(24-30)49(45,46)41-18-20-47-21-19-41)36(43)25-48-39(44)37-32-15-6-7-17-35(32)40-38-29(12-8-16-33(37)38)23-28-10-4-3-5-11-28/h3-7,9-11,13-15,17,22-24H,8,12,16,18-21,25H2,1-2H3/b29-23+. The van der Waals surface area contributed by atoms with Crippen molar-refractivity contribution in [3.05, 3.63) is 124 Å². The molecule has 0 saturated carbocycles. The van der Waals surface area contributed by atoms with Gasteiger partial charge in [-0.05, 0) is 86.2 Å². The predicted molar refractivity (Wildman–Crippen MR) is 188 cm³/mol. The van der Waals surface area contributed by atoms with Crippen LogP contribution < -0.4 is 0 Å². The van der Waals surface area contributed by atoms with E-state index in [4.69, 9.17) is 14.5 Å². The maximum atomic E-state index is 13.9. The smallest absolute Gasteiger partial charge is 0.339 e. The van der Waals surface area contributed by atoms with E-state index in [0.717, 1.165) is 40.9 Å². The van der Waals surface area contributed by atoms with E-state index in [1.807, 2.05) is 72.2 Å². The van der Waals surface area contributed by atoms with Gasteiger partial charge in [-0.2, -0.15) is 4.31 Å². The predicted octanol–water partition coefficient (Wildman–Crippen LogP) is 6.58. The summed E-state index contributed by atoms with van der Waals surface area (Å²) < 4.78 is 41.1. The maximum absolute atomic E-state index is 13.9. The number of para-hydroxylation sites is 1. The Morgan fingerprint density at radius 2 is 1.67 bits per heavy atom. The minimum Gasteiger partial charge on any atom is -0.454 e. The van der Waals surface area contributed by atoms with Gasteiger partial charge in [-0.25, -0.2) is 18.2 Å². The highest BCUT2D eigenvalue weighted by molar-refractivity contribution is 7.89. The molecule has 3 heterocycles. The van der Waals surface area contributed by atoms with Crippen LogP contribution in [0.1, 0.15) is 61.8 Å². The number of aryl methyl sites for hydroxylation is 1. The van der Waals surface area contributed by atoms with E-state index < -0.39 is 22.6 Å². The molecule has 1 fully saturated rings. The lowest BCUT2D eigenvalue weighted by Gasteiger charge is -2.26. The lowest BCUT2D eigenvalue weighted by atomic mass is 9.86. The molecule has 2 aliphatic rings. The number of rotatable bonds is 8. The van der Waals surface area contributed by atoms with Gasteiger partial charge in [0.05, 0.1) is 34.9 Å². The molecule has 10 heteroatoms. The Hall–Kier alpha value is -4.90. The van der Waals surface area contributed by atoms with Gasteiger partial charge in [0.1, 0.15) is 0 Å². The number of pyridine rings is 1. The van der Waals surface area contributed by atoms with Gasteiger partial charge in [-0.3, -0.25) is 4.79 Å². The number of hydrogen-bond donors (Lipinski definition) is 0.